The summed E-state index contributed by atoms with van der Waals surface area (Å²) in [6.45, 7) is 4.83. The maximum atomic E-state index is 13.6. The van der Waals surface area contributed by atoms with Crippen molar-refractivity contribution in [3.05, 3.63) is 41.0 Å². The molecule has 11 nitrogen and oxygen atoms in total. The first-order valence-corrected chi connectivity index (χ1v) is 12.8. The molecule has 2 N–H and O–H groups in total. The smallest absolute Gasteiger partial charge is 0.434 e. The van der Waals surface area contributed by atoms with E-state index in [4.69, 9.17) is 0 Å². The number of nitrogens with zero attached hydrogens (tertiary/aromatic N) is 3. The van der Waals surface area contributed by atoms with Crippen LogP contribution in [0.4, 0.5) is 19.1 Å². The van der Waals surface area contributed by atoms with E-state index < -0.39 is 51.2 Å². The lowest BCUT2D eigenvalue weighted by Gasteiger charge is -2.21. The molecule has 0 radical (unpaired) electrons. The molecule has 3 aromatic rings. The standard InChI is InChI=1S/C22H24F3N5O6S/c1-6-36-20(32)12-9-26-21(30-17(12)22(23,24)25)29-16(10(2)3)18-27-13-7-11(19(31)35-4)15(37(5,33)34)8-14(13)28-18/h7-10,16H,6H2,1-5H3,(H,27,28)(H,26,29,30)/t16-/m1/s1. The van der Waals surface area contributed by atoms with Crippen molar-refractivity contribution in [3.63, 3.8) is 0 Å². The molecule has 1 atom stereocenters. The Labute approximate surface area is 209 Å². The van der Waals surface area contributed by atoms with E-state index in [1.807, 2.05) is 0 Å². The van der Waals surface area contributed by atoms with Gasteiger partial charge in [0, 0.05) is 12.5 Å². The molecule has 0 amide bonds. The highest BCUT2D eigenvalue weighted by Crippen LogP contribution is 2.33. The maximum absolute atomic E-state index is 13.6. The number of benzene rings is 1. The average molecular weight is 544 g/mol. The van der Waals surface area contributed by atoms with Gasteiger partial charge in [-0.2, -0.15) is 13.2 Å². The largest absolute Gasteiger partial charge is 0.465 e. The minimum atomic E-state index is -4.96. The zero-order valence-corrected chi connectivity index (χ0v) is 21.2. The van der Waals surface area contributed by atoms with Gasteiger partial charge in [-0.05, 0) is 25.0 Å². The van der Waals surface area contributed by atoms with Gasteiger partial charge in [0.15, 0.2) is 15.5 Å². The molecular weight excluding hydrogens is 519 g/mol. The van der Waals surface area contributed by atoms with Crippen molar-refractivity contribution in [3.8, 4) is 0 Å². The second kappa shape index (κ2) is 10.3. The number of hydrogen-bond acceptors (Lipinski definition) is 10. The highest BCUT2D eigenvalue weighted by atomic mass is 32.2. The van der Waals surface area contributed by atoms with E-state index >= 15 is 0 Å². The summed E-state index contributed by atoms with van der Waals surface area (Å²) in [7, 11) is -2.71. The number of nitrogens with one attached hydrogen (secondary N) is 2. The first-order valence-electron chi connectivity index (χ1n) is 10.9. The Bertz CT molecular complexity index is 1450. The molecule has 0 aliphatic heterocycles. The number of hydrogen-bond donors (Lipinski definition) is 2. The van der Waals surface area contributed by atoms with Gasteiger partial charge in [0.05, 0.1) is 41.3 Å². The minimum Gasteiger partial charge on any atom is -0.465 e. The highest BCUT2D eigenvalue weighted by molar-refractivity contribution is 7.90. The van der Waals surface area contributed by atoms with E-state index in [2.05, 4.69) is 34.7 Å². The van der Waals surface area contributed by atoms with Crippen LogP contribution < -0.4 is 5.32 Å². The lowest BCUT2D eigenvalue weighted by atomic mass is 10.0. The summed E-state index contributed by atoms with van der Waals surface area (Å²) in [6, 6.07) is 1.71. The summed E-state index contributed by atoms with van der Waals surface area (Å²) in [6.07, 6.45) is -3.29. The second-order valence-electron chi connectivity index (χ2n) is 8.29. The molecule has 200 valence electrons. The summed E-state index contributed by atoms with van der Waals surface area (Å²) in [5.41, 5.74) is -2.00. The number of methoxy groups -OCH3 is 1. The third-order valence-electron chi connectivity index (χ3n) is 5.20. The molecule has 0 saturated carbocycles. The number of fused-ring (bicyclic) bond motifs is 1. The van der Waals surface area contributed by atoms with Crippen molar-refractivity contribution in [2.45, 2.75) is 37.9 Å². The molecule has 2 aromatic heterocycles. The fourth-order valence-electron chi connectivity index (χ4n) is 3.50. The molecule has 0 unspecified atom stereocenters. The Hall–Kier alpha value is -3.75. The number of carbonyl (C=O) groups is 2. The number of halogens is 3. The molecule has 0 aliphatic carbocycles. The van der Waals surface area contributed by atoms with E-state index in [-0.39, 0.29) is 39.8 Å². The Morgan fingerprint density at radius 1 is 1.14 bits per heavy atom. The highest BCUT2D eigenvalue weighted by Gasteiger charge is 2.39. The third-order valence-corrected chi connectivity index (χ3v) is 6.34. The van der Waals surface area contributed by atoms with Crippen molar-refractivity contribution in [1.29, 1.82) is 0 Å². The summed E-state index contributed by atoms with van der Waals surface area (Å²) < 4.78 is 74.7. The number of aromatic nitrogens is 4. The summed E-state index contributed by atoms with van der Waals surface area (Å²) in [5.74, 6) is -2.57. The van der Waals surface area contributed by atoms with Crippen molar-refractivity contribution in [1.82, 2.24) is 19.9 Å². The van der Waals surface area contributed by atoms with Gasteiger partial charge < -0.3 is 19.8 Å². The Morgan fingerprint density at radius 2 is 1.81 bits per heavy atom. The van der Waals surface area contributed by atoms with Gasteiger partial charge in [-0.1, -0.05) is 13.8 Å². The predicted octanol–water partition coefficient (Wildman–Crippen LogP) is 3.55. The number of esters is 2. The molecule has 0 bridgehead atoms. The average Bonchev–Trinajstić information content (AvgIpc) is 3.22. The predicted molar refractivity (Wildman–Crippen MR) is 125 cm³/mol. The van der Waals surface area contributed by atoms with Gasteiger partial charge in [-0.3, -0.25) is 0 Å². The number of sulfone groups is 1. The van der Waals surface area contributed by atoms with E-state index in [0.29, 0.717) is 0 Å². The minimum absolute atomic E-state index is 0.129. The van der Waals surface area contributed by atoms with Crippen LogP contribution in [-0.2, 0) is 25.5 Å². The van der Waals surface area contributed by atoms with Crippen molar-refractivity contribution < 1.29 is 40.7 Å². The monoisotopic (exact) mass is 543 g/mol. The fraction of sp³-hybridized carbons (Fsp3) is 0.409. The zero-order chi connectivity index (χ0) is 27.7. The van der Waals surface area contributed by atoms with Crippen LogP contribution >= 0.6 is 0 Å². The number of H-pyrrole nitrogens is 1. The summed E-state index contributed by atoms with van der Waals surface area (Å²) in [4.78, 5) is 38.6. The molecule has 37 heavy (non-hydrogen) atoms. The number of carbonyl (C=O) groups excluding carboxylic acids is 2. The molecule has 0 saturated heterocycles. The van der Waals surface area contributed by atoms with Gasteiger partial charge in [0.25, 0.3) is 0 Å². The SMILES string of the molecule is CCOC(=O)c1cnc(N[C@@H](c2nc3cc(C(=O)OC)c(S(C)(=O)=O)cc3[nH]2)C(C)C)nc1C(F)(F)F. The molecule has 2 heterocycles. The van der Waals surface area contributed by atoms with Crippen molar-refractivity contribution >= 4 is 38.8 Å². The van der Waals surface area contributed by atoms with Gasteiger partial charge in [-0.25, -0.2) is 33.0 Å². The second-order valence-corrected chi connectivity index (χ2v) is 10.3. The van der Waals surface area contributed by atoms with Crippen molar-refractivity contribution in [2.75, 3.05) is 25.3 Å². The number of aromatic amines is 1. The van der Waals surface area contributed by atoms with Gasteiger partial charge in [0.2, 0.25) is 5.95 Å². The van der Waals surface area contributed by atoms with Crippen LogP contribution in [0.2, 0.25) is 0 Å². The van der Waals surface area contributed by atoms with Crippen molar-refractivity contribution in [2.24, 2.45) is 5.92 Å². The molecular formula is C22H24F3N5O6S. The quantitative estimate of drug-likeness (QED) is 0.403. The molecule has 0 fully saturated rings. The number of alkyl halides is 3. The van der Waals surface area contributed by atoms with Crippen LogP contribution in [0.1, 0.15) is 59.0 Å². The van der Waals surface area contributed by atoms with Crippen LogP contribution in [0.5, 0.6) is 0 Å². The normalized spacial score (nSPS) is 13.0. The molecule has 15 heteroatoms. The van der Waals surface area contributed by atoms with Crippen LogP contribution in [-0.4, -0.2) is 60.3 Å². The maximum Gasteiger partial charge on any atom is 0.434 e. The molecule has 3 rings (SSSR count). The third kappa shape index (κ3) is 5.98. The lowest BCUT2D eigenvalue weighted by molar-refractivity contribution is -0.141. The van der Waals surface area contributed by atoms with Crippen LogP contribution in [0.3, 0.4) is 0 Å². The Kier molecular flexibility index (Phi) is 7.76. The lowest BCUT2D eigenvalue weighted by Crippen LogP contribution is -2.23. The van der Waals surface area contributed by atoms with Gasteiger partial charge in [-0.15, -0.1) is 0 Å². The Balaban J connectivity index is 2.08. The first-order chi connectivity index (χ1) is 17.2. The van der Waals surface area contributed by atoms with E-state index in [9.17, 15) is 31.2 Å². The fourth-order valence-corrected chi connectivity index (χ4v) is 4.37. The van der Waals surface area contributed by atoms with E-state index in [1.54, 1.807) is 13.8 Å². The van der Waals surface area contributed by atoms with Crippen LogP contribution in [0, 0.1) is 5.92 Å². The molecule has 0 spiro atoms. The van der Waals surface area contributed by atoms with Gasteiger partial charge in [0.1, 0.15) is 11.4 Å². The van der Waals surface area contributed by atoms with Crippen LogP contribution in [0.25, 0.3) is 11.0 Å². The number of imidazole rings is 1. The number of rotatable bonds is 8. The topological polar surface area (TPSA) is 153 Å². The van der Waals surface area contributed by atoms with Crippen LogP contribution in [0.15, 0.2) is 23.2 Å². The zero-order valence-electron chi connectivity index (χ0n) is 20.4. The number of ether oxygens (including phenoxy) is 2. The molecule has 0 aliphatic rings. The first kappa shape index (κ1) is 27.8. The summed E-state index contributed by atoms with van der Waals surface area (Å²) >= 11 is 0. The van der Waals surface area contributed by atoms with E-state index in [1.165, 1.54) is 19.1 Å². The summed E-state index contributed by atoms with van der Waals surface area (Å²) in [5, 5.41) is 2.78. The Morgan fingerprint density at radius 3 is 2.35 bits per heavy atom. The number of anilines is 1. The van der Waals surface area contributed by atoms with Gasteiger partial charge >= 0.3 is 18.1 Å². The van der Waals surface area contributed by atoms with E-state index in [0.717, 1.165) is 19.6 Å². The molecule has 1 aromatic carbocycles.